The van der Waals surface area contributed by atoms with Gasteiger partial charge in [0.25, 0.3) is 0 Å². The zero-order valence-corrected chi connectivity index (χ0v) is 22.3. The molecule has 3 fully saturated rings. The number of morpholine rings is 1. The third-order valence-electron chi connectivity index (χ3n) is 7.89. The van der Waals surface area contributed by atoms with Crippen molar-refractivity contribution in [3.63, 3.8) is 0 Å². The van der Waals surface area contributed by atoms with E-state index in [1.54, 1.807) is 12.4 Å². The number of likely N-dealkylation sites (N-methyl/N-ethyl adjacent to an activating group) is 1. The summed E-state index contributed by atoms with van der Waals surface area (Å²) in [5.74, 6) is 2.65. The summed E-state index contributed by atoms with van der Waals surface area (Å²) < 4.78 is 12.1. The van der Waals surface area contributed by atoms with Crippen molar-refractivity contribution in [2.45, 2.75) is 44.4 Å². The summed E-state index contributed by atoms with van der Waals surface area (Å²) in [5, 5.41) is 3.66. The summed E-state index contributed by atoms with van der Waals surface area (Å²) in [7, 11) is 2.18. The van der Waals surface area contributed by atoms with Crippen LogP contribution in [-0.2, 0) is 11.3 Å². The minimum atomic E-state index is 0.163. The third-order valence-corrected chi connectivity index (χ3v) is 7.89. The van der Waals surface area contributed by atoms with Crippen LogP contribution in [0.1, 0.15) is 31.5 Å². The number of hydrogen-bond acceptors (Lipinski definition) is 10. The minimum absolute atomic E-state index is 0.163. The lowest BCUT2D eigenvalue weighted by Gasteiger charge is -2.32. The van der Waals surface area contributed by atoms with Gasteiger partial charge >= 0.3 is 0 Å². The second-order valence-corrected chi connectivity index (χ2v) is 10.6. The van der Waals surface area contributed by atoms with Gasteiger partial charge in [-0.05, 0) is 44.9 Å². The maximum atomic E-state index is 6.59. The average molecular weight is 519 g/mol. The maximum Gasteiger partial charge on any atom is 0.149 e. The van der Waals surface area contributed by atoms with Gasteiger partial charge in [0.1, 0.15) is 22.9 Å². The van der Waals surface area contributed by atoms with Crippen molar-refractivity contribution >= 4 is 22.5 Å². The predicted octanol–water partition coefficient (Wildman–Crippen LogP) is 2.81. The van der Waals surface area contributed by atoms with Crippen LogP contribution in [0.3, 0.4) is 0 Å². The molecule has 0 bridgehead atoms. The highest BCUT2D eigenvalue weighted by Gasteiger charge is 2.25. The third kappa shape index (κ3) is 6.14. The predicted molar refractivity (Wildman–Crippen MR) is 148 cm³/mol. The molecule has 2 aliphatic heterocycles. The molecule has 2 saturated heterocycles. The van der Waals surface area contributed by atoms with E-state index < -0.39 is 0 Å². The normalized spacial score (nSPS) is 23.4. The van der Waals surface area contributed by atoms with Crippen LogP contribution >= 0.6 is 0 Å². The molecule has 202 valence electrons. The van der Waals surface area contributed by atoms with Gasteiger partial charge in [-0.3, -0.25) is 9.88 Å². The highest BCUT2D eigenvalue weighted by Crippen LogP contribution is 2.33. The van der Waals surface area contributed by atoms with Crippen LogP contribution in [0.2, 0.25) is 0 Å². The number of nitrogens with zero attached hydrogens (tertiary/aromatic N) is 7. The van der Waals surface area contributed by atoms with Gasteiger partial charge in [0, 0.05) is 75.7 Å². The Labute approximate surface area is 224 Å². The molecule has 4 heterocycles. The van der Waals surface area contributed by atoms with Gasteiger partial charge in [0.15, 0.2) is 0 Å². The monoisotopic (exact) mass is 518 g/mol. The number of aromatic nitrogens is 4. The molecule has 2 aromatic heterocycles. The van der Waals surface area contributed by atoms with E-state index in [0.717, 1.165) is 119 Å². The fraction of sp³-hybridized carbons (Fsp3) is 0.571. The molecule has 10 heteroatoms. The number of anilines is 2. The molecular formula is C28H38N8O2. The van der Waals surface area contributed by atoms with Crippen LogP contribution in [-0.4, -0.2) is 101 Å². The van der Waals surface area contributed by atoms with Gasteiger partial charge in [-0.2, -0.15) is 0 Å². The Morgan fingerprint density at radius 2 is 1.71 bits per heavy atom. The van der Waals surface area contributed by atoms with Crippen molar-refractivity contribution < 1.29 is 9.47 Å². The Bertz CT molecular complexity index is 1200. The average Bonchev–Trinajstić information content (AvgIpc) is 2.96. The zero-order chi connectivity index (χ0) is 25.7. The van der Waals surface area contributed by atoms with Gasteiger partial charge < -0.3 is 24.6 Å². The lowest BCUT2D eigenvalue weighted by Crippen LogP contribution is -2.44. The molecule has 0 amide bonds. The molecule has 38 heavy (non-hydrogen) atoms. The molecule has 3 aromatic rings. The van der Waals surface area contributed by atoms with E-state index in [4.69, 9.17) is 14.5 Å². The SMILES string of the molecule is CN1CCN(Cc2nccc(NC3CCC(Oc4cc(N5CCOCC5)cc5nccnc45)CC3)n2)CC1. The number of hydrogen-bond donors (Lipinski definition) is 1. The summed E-state index contributed by atoms with van der Waals surface area (Å²) in [4.78, 5) is 25.6. The van der Waals surface area contributed by atoms with Crippen molar-refractivity contribution in [2.24, 2.45) is 0 Å². The van der Waals surface area contributed by atoms with Crippen LogP contribution in [0, 0.1) is 0 Å². The largest absolute Gasteiger partial charge is 0.488 e. The summed E-state index contributed by atoms with van der Waals surface area (Å²) >= 11 is 0. The fourth-order valence-corrected chi connectivity index (χ4v) is 5.60. The van der Waals surface area contributed by atoms with Crippen molar-refractivity contribution in [2.75, 3.05) is 69.7 Å². The first-order chi connectivity index (χ1) is 18.7. The Kier molecular flexibility index (Phi) is 7.80. The van der Waals surface area contributed by atoms with Gasteiger partial charge in [-0.25, -0.2) is 15.0 Å². The van der Waals surface area contributed by atoms with E-state index in [9.17, 15) is 0 Å². The number of fused-ring (bicyclic) bond motifs is 1. The van der Waals surface area contributed by atoms with Crippen molar-refractivity contribution in [3.8, 4) is 5.75 Å². The first kappa shape index (κ1) is 25.2. The van der Waals surface area contributed by atoms with Crippen LogP contribution in [0.15, 0.2) is 36.8 Å². The first-order valence-corrected chi connectivity index (χ1v) is 13.9. The van der Waals surface area contributed by atoms with Crippen LogP contribution in [0.25, 0.3) is 11.0 Å². The quantitative estimate of drug-likeness (QED) is 0.503. The lowest BCUT2D eigenvalue weighted by atomic mass is 9.93. The summed E-state index contributed by atoms with van der Waals surface area (Å²) in [5.41, 5.74) is 2.83. The molecule has 1 saturated carbocycles. The second kappa shape index (κ2) is 11.8. The van der Waals surface area contributed by atoms with E-state index in [-0.39, 0.29) is 6.10 Å². The lowest BCUT2D eigenvalue weighted by molar-refractivity contribution is 0.122. The molecule has 1 N–H and O–H groups in total. The Hall–Kier alpha value is -3.08. The molecule has 0 unspecified atom stereocenters. The van der Waals surface area contributed by atoms with E-state index in [2.05, 4.69) is 54.1 Å². The van der Waals surface area contributed by atoms with Gasteiger partial charge in [0.2, 0.25) is 0 Å². The second-order valence-electron chi connectivity index (χ2n) is 10.6. The van der Waals surface area contributed by atoms with E-state index in [1.807, 2.05) is 12.3 Å². The number of benzene rings is 1. The van der Waals surface area contributed by atoms with Gasteiger partial charge in [-0.15, -0.1) is 0 Å². The first-order valence-electron chi connectivity index (χ1n) is 13.9. The number of piperazine rings is 1. The molecule has 3 aliphatic rings. The van der Waals surface area contributed by atoms with Crippen molar-refractivity contribution in [1.29, 1.82) is 0 Å². The van der Waals surface area contributed by atoms with Crippen molar-refractivity contribution in [3.05, 3.63) is 42.6 Å². The van der Waals surface area contributed by atoms with E-state index >= 15 is 0 Å². The van der Waals surface area contributed by atoms with E-state index in [1.165, 1.54) is 0 Å². The highest BCUT2D eigenvalue weighted by molar-refractivity contribution is 5.85. The van der Waals surface area contributed by atoms with Gasteiger partial charge in [-0.1, -0.05) is 0 Å². The molecule has 6 rings (SSSR count). The Morgan fingerprint density at radius 3 is 2.53 bits per heavy atom. The molecular weight excluding hydrogens is 480 g/mol. The molecule has 1 aromatic carbocycles. The Balaban J connectivity index is 1.06. The van der Waals surface area contributed by atoms with Crippen molar-refractivity contribution in [1.82, 2.24) is 29.7 Å². The Morgan fingerprint density at radius 1 is 0.921 bits per heavy atom. The standard InChI is InChI=1S/C28H38N8O2/c1-34-10-12-35(13-11-34)20-27-30-7-6-26(33-27)32-21-2-4-23(5-3-21)38-25-19-22(36-14-16-37-17-15-36)18-24-28(25)31-9-8-29-24/h6-9,18-19,21,23H,2-5,10-17,20H2,1H3,(H,30,32,33). The zero-order valence-electron chi connectivity index (χ0n) is 22.3. The molecule has 0 radical (unpaired) electrons. The molecule has 1 aliphatic carbocycles. The smallest absolute Gasteiger partial charge is 0.149 e. The number of ether oxygens (including phenoxy) is 2. The molecule has 0 spiro atoms. The van der Waals surface area contributed by atoms with Crippen LogP contribution < -0.4 is 15.0 Å². The minimum Gasteiger partial charge on any atom is -0.488 e. The van der Waals surface area contributed by atoms with Gasteiger partial charge in [0.05, 0.1) is 31.4 Å². The topological polar surface area (TPSA) is 91.8 Å². The maximum absolute atomic E-state index is 6.59. The fourth-order valence-electron chi connectivity index (χ4n) is 5.60. The summed E-state index contributed by atoms with van der Waals surface area (Å²) in [6.07, 6.45) is 9.57. The van der Waals surface area contributed by atoms with Crippen LogP contribution in [0.5, 0.6) is 5.75 Å². The summed E-state index contributed by atoms with van der Waals surface area (Å²) in [6, 6.07) is 6.62. The molecule has 10 nitrogen and oxygen atoms in total. The number of rotatable bonds is 7. The molecule has 0 atom stereocenters. The highest BCUT2D eigenvalue weighted by atomic mass is 16.5. The number of nitrogens with one attached hydrogen (secondary N) is 1. The van der Waals surface area contributed by atoms with E-state index in [0.29, 0.717) is 6.04 Å². The summed E-state index contributed by atoms with van der Waals surface area (Å²) in [6.45, 7) is 8.39. The van der Waals surface area contributed by atoms with Crippen LogP contribution in [0.4, 0.5) is 11.5 Å².